The largest absolute Gasteiger partial charge is 0.396 e. The smallest absolute Gasteiger partial charge is 0.291 e. The van der Waals surface area contributed by atoms with Crippen molar-refractivity contribution in [2.75, 3.05) is 13.2 Å². The van der Waals surface area contributed by atoms with Gasteiger partial charge in [-0.2, -0.15) is 0 Å². The van der Waals surface area contributed by atoms with Crippen LogP contribution >= 0.6 is 0 Å². The Labute approximate surface area is 71.9 Å². The molecule has 0 aromatic rings. The maximum absolute atomic E-state index is 8.36. The summed E-state index contributed by atoms with van der Waals surface area (Å²) >= 11 is 0. The molecule has 0 saturated heterocycles. The van der Waals surface area contributed by atoms with Gasteiger partial charge in [-0.3, -0.25) is 0 Å². The van der Waals surface area contributed by atoms with Gasteiger partial charge in [0.2, 0.25) is 0 Å². The third-order valence-corrected chi connectivity index (χ3v) is 0.316. The first-order valence-corrected chi connectivity index (χ1v) is 2.76. The molecule has 0 atom stereocenters. The molecule has 0 spiro atoms. The van der Waals surface area contributed by atoms with Crippen molar-refractivity contribution in [3.05, 3.63) is 20.2 Å². The van der Waals surface area contributed by atoms with Crippen molar-refractivity contribution in [3.8, 4) is 0 Å². The second-order valence-corrected chi connectivity index (χ2v) is 1.28. The molecule has 0 radical (unpaired) electrons. The monoisotopic (exact) mass is 202 g/mol. The summed E-state index contributed by atoms with van der Waals surface area (Å²) in [6, 6.07) is 0. The fourth-order valence-corrected chi connectivity index (χ4v) is 0.0707. The van der Waals surface area contributed by atoms with Crippen molar-refractivity contribution in [2.45, 2.75) is 6.42 Å². The van der Waals surface area contributed by atoms with Gasteiger partial charge in [0.1, 0.15) is 0 Å². The lowest BCUT2D eigenvalue weighted by Crippen LogP contribution is -1.85. The average molecular weight is 202 g/mol. The van der Waals surface area contributed by atoms with Crippen LogP contribution in [0.2, 0.25) is 0 Å². The summed E-state index contributed by atoms with van der Waals surface area (Å²) in [5, 5.41) is 43.1. The molecular weight excluding hydrogens is 192 g/mol. The van der Waals surface area contributed by atoms with Gasteiger partial charge in [0.25, 0.3) is 10.2 Å². The summed E-state index contributed by atoms with van der Waals surface area (Å²) in [5.41, 5.74) is 0. The summed E-state index contributed by atoms with van der Waals surface area (Å²) in [4.78, 5) is 16.7. The molecule has 0 aromatic heterocycles. The van der Waals surface area contributed by atoms with Crippen LogP contribution in [0.5, 0.6) is 0 Å². The molecule has 0 bridgehead atoms. The molecule has 0 heterocycles. The van der Waals surface area contributed by atoms with Crippen LogP contribution in [0.15, 0.2) is 0 Å². The summed E-state index contributed by atoms with van der Waals surface area (Å²) in [6.45, 7) is 0.188. The van der Waals surface area contributed by atoms with E-state index in [1.165, 1.54) is 0 Å². The van der Waals surface area contributed by atoms with E-state index < -0.39 is 10.2 Å². The summed E-state index contributed by atoms with van der Waals surface area (Å²) < 4.78 is 0. The second kappa shape index (κ2) is 16.7. The Morgan fingerprint density at radius 1 is 0.923 bits per heavy atom. The Hall–Kier alpha value is -1.68. The number of nitrogens with zero attached hydrogens (tertiary/aromatic N) is 2. The van der Waals surface area contributed by atoms with Gasteiger partial charge >= 0.3 is 0 Å². The molecule has 0 aliphatic carbocycles. The van der Waals surface area contributed by atoms with Gasteiger partial charge < -0.3 is 20.6 Å². The maximum atomic E-state index is 8.36. The Morgan fingerprint density at radius 2 is 1.08 bits per heavy atom. The molecule has 13 heavy (non-hydrogen) atoms. The summed E-state index contributed by atoms with van der Waals surface area (Å²) in [7, 11) is 0. The van der Waals surface area contributed by atoms with E-state index in [-0.39, 0.29) is 13.2 Å². The fraction of sp³-hybridized carbons (Fsp3) is 1.00. The summed E-state index contributed by atoms with van der Waals surface area (Å²) in [5.74, 6) is 0. The van der Waals surface area contributed by atoms with Gasteiger partial charge in [-0.15, -0.1) is 20.2 Å². The molecule has 10 nitrogen and oxygen atoms in total. The van der Waals surface area contributed by atoms with Gasteiger partial charge in [0, 0.05) is 13.2 Å². The van der Waals surface area contributed by atoms with Crippen molar-refractivity contribution in [2.24, 2.45) is 0 Å². The minimum absolute atomic E-state index is 0.0938. The lowest BCUT2D eigenvalue weighted by atomic mass is 10.5. The molecular formula is C3H10N2O8. The van der Waals surface area contributed by atoms with E-state index in [0.717, 1.165) is 0 Å². The van der Waals surface area contributed by atoms with Crippen LogP contribution < -0.4 is 0 Å². The van der Waals surface area contributed by atoms with Gasteiger partial charge in [-0.05, 0) is 6.42 Å². The number of rotatable bonds is 2. The molecule has 4 N–H and O–H groups in total. The van der Waals surface area contributed by atoms with E-state index in [2.05, 4.69) is 0 Å². The molecule has 0 aromatic carbocycles. The third-order valence-electron chi connectivity index (χ3n) is 0.316. The highest BCUT2D eigenvalue weighted by molar-refractivity contribution is 4.22. The number of hydrogen-bond donors (Lipinski definition) is 4. The van der Waals surface area contributed by atoms with Gasteiger partial charge in [0.15, 0.2) is 0 Å². The van der Waals surface area contributed by atoms with E-state index in [9.17, 15) is 0 Å². The first-order chi connectivity index (χ1) is 5.88. The molecule has 0 aliphatic heterocycles. The Bertz CT molecular complexity index is 105. The number of aliphatic hydroxyl groups is 2. The van der Waals surface area contributed by atoms with Crippen molar-refractivity contribution in [1.82, 2.24) is 0 Å². The third kappa shape index (κ3) is 6980. The minimum Gasteiger partial charge on any atom is -0.396 e. The van der Waals surface area contributed by atoms with Gasteiger partial charge in [-0.1, -0.05) is 0 Å². The highest BCUT2D eigenvalue weighted by Gasteiger charge is 1.70. The number of aliphatic hydroxyl groups excluding tert-OH is 2. The van der Waals surface area contributed by atoms with E-state index in [4.69, 9.17) is 40.9 Å². The van der Waals surface area contributed by atoms with Crippen LogP contribution in [-0.2, 0) is 0 Å². The van der Waals surface area contributed by atoms with Crippen LogP contribution in [0.4, 0.5) is 0 Å². The maximum Gasteiger partial charge on any atom is 0.291 e. The molecule has 10 heteroatoms. The number of hydrogen-bond acceptors (Lipinski definition) is 6. The van der Waals surface area contributed by atoms with Crippen LogP contribution in [0, 0.1) is 20.2 Å². The van der Waals surface area contributed by atoms with E-state index in [1.54, 1.807) is 0 Å². The average Bonchev–Trinajstić information content (AvgIpc) is 1.86. The normalized spacial score (nSPS) is 6.92. The van der Waals surface area contributed by atoms with E-state index >= 15 is 0 Å². The first kappa shape index (κ1) is 17.4. The SMILES string of the molecule is O=[N+]([O-])O.O=[N+]([O-])O.OCCCO. The molecule has 0 amide bonds. The topological polar surface area (TPSA) is 167 Å². The highest BCUT2D eigenvalue weighted by atomic mass is 16.9. The molecule has 80 valence electrons. The molecule has 0 aliphatic rings. The Morgan fingerprint density at radius 3 is 1.08 bits per heavy atom. The van der Waals surface area contributed by atoms with E-state index in [1.807, 2.05) is 0 Å². The Kier molecular flexibility index (Phi) is 22.4. The predicted octanol–water partition coefficient (Wildman–Crippen LogP) is -1.33. The van der Waals surface area contributed by atoms with Crippen LogP contribution in [0.25, 0.3) is 0 Å². The molecule has 0 unspecified atom stereocenters. The van der Waals surface area contributed by atoms with Gasteiger partial charge in [-0.25, -0.2) is 0 Å². The summed E-state index contributed by atoms with van der Waals surface area (Å²) in [6.07, 6.45) is 0.500. The van der Waals surface area contributed by atoms with Crippen LogP contribution in [-0.4, -0.2) is 44.0 Å². The van der Waals surface area contributed by atoms with Crippen LogP contribution in [0.1, 0.15) is 6.42 Å². The standard InChI is InChI=1S/C3H8O2.2HNO3/c4-2-1-3-5;2*2-1(3)4/h4-5H,1-3H2;2*(H,2,3,4). The predicted molar refractivity (Wildman–Crippen MR) is 36.4 cm³/mol. The van der Waals surface area contributed by atoms with Gasteiger partial charge in [0.05, 0.1) is 0 Å². The zero-order valence-corrected chi connectivity index (χ0v) is 6.44. The molecule has 0 saturated carbocycles. The quantitative estimate of drug-likeness (QED) is 0.315. The minimum atomic E-state index is -1.50. The van der Waals surface area contributed by atoms with Crippen molar-refractivity contribution in [3.63, 3.8) is 0 Å². The van der Waals surface area contributed by atoms with Crippen LogP contribution in [0.3, 0.4) is 0 Å². The zero-order chi connectivity index (χ0) is 11.3. The molecule has 0 rings (SSSR count). The molecule has 0 fully saturated rings. The Balaban J connectivity index is -0.000000117. The van der Waals surface area contributed by atoms with Crippen molar-refractivity contribution in [1.29, 1.82) is 0 Å². The zero-order valence-electron chi connectivity index (χ0n) is 6.44. The lowest BCUT2D eigenvalue weighted by Gasteiger charge is -1.79. The first-order valence-electron chi connectivity index (χ1n) is 2.76. The lowest BCUT2D eigenvalue weighted by molar-refractivity contribution is -0.742. The van der Waals surface area contributed by atoms with E-state index in [0.29, 0.717) is 6.42 Å². The van der Waals surface area contributed by atoms with Crippen molar-refractivity contribution >= 4 is 0 Å². The van der Waals surface area contributed by atoms with Crippen molar-refractivity contribution < 1.29 is 30.8 Å². The fourth-order valence-electron chi connectivity index (χ4n) is 0.0707. The second-order valence-electron chi connectivity index (χ2n) is 1.28. The highest BCUT2D eigenvalue weighted by Crippen LogP contribution is 1.65.